The highest BCUT2D eigenvalue weighted by atomic mass is 16.3. The number of anilines is 2. The smallest absolute Gasteiger partial charge is 0.203 e. The second-order valence-electron chi connectivity index (χ2n) is 15.3. The summed E-state index contributed by atoms with van der Waals surface area (Å²) in [6.45, 7) is 16.1. The van der Waals surface area contributed by atoms with Crippen molar-refractivity contribution in [2.45, 2.75) is 73.1 Å². The average molecular weight is 777 g/mol. The lowest BCUT2D eigenvalue weighted by atomic mass is 10.1. The van der Waals surface area contributed by atoms with Crippen LogP contribution in [0.25, 0.3) is 33.8 Å². The molecule has 8 aromatic rings. The fourth-order valence-electron chi connectivity index (χ4n) is 6.59. The molecule has 58 heavy (non-hydrogen) atoms. The van der Waals surface area contributed by atoms with Gasteiger partial charge in [0.05, 0.1) is 11.4 Å². The van der Waals surface area contributed by atoms with Crippen LogP contribution in [0.4, 0.5) is 11.6 Å². The maximum absolute atomic E-state index is 9.44. The molecule has 0 unspecified atom stereocenters. The standard InChI is InChI=1S/C23H26N6.C22H24N6O.H2/c1-15(2)22-27-28-23-21(25-10-9-18-7-5-16(3)6-8-18)26-20(14-29(22)23)19-11-17(4)12-24-13-19;1-14(2)21-26-27-22-20(24-9-8-16-4-6-18(29)7-5-16)25-19(13-28(21)22)17-10-15(3)11-23-12-17;/h5-8,11-15H,9-10H2,1-4H3,(H,25,26);4-7,10-14,29H,8-9H2,1-3H3,(H,24,25);1H. The van der Waals surface area contributed by atoms with Gasteiger partial charge in [0.2, 0.25) is 11.3 Å². The van der Waals surface area contributed by atoms with Gasteiger partial charge < -0.3 is 15.7 Å². The summed E-state index contributed by atoms with van der Waals surface area (Å²) in [6.07, 6.45) is 13.0. The molecule has 6 heterocycles. The first-order valence-corrected chi connectivity index (χ1v) is 19.7. The lowest BCUT2D eigenvalue weighted by Gasteiger charge is -2.11. The molecule has 0 bridgehead atoms. The van der Waals surface area contributed by atoms with Gasteiger partial charge in [0.25, 0.3) is 0 Å². The molecule has 298 valence electrons. The molecule has 6 aromatic heterocycles. The van der Waals surface area contributed by atoms with E-state index in [9.17, 15) is 5.11 Å². The van der Waals surface area contributed by atoms with Crippen LogP contribution in [0.5, 0.6) is 5.75 Å². The molecule has 3 N–H and O–H groups in total. The molecule has 0 aliphatic carbocycles. The maximum Gasteiger partial charge on any atom is 0.203 e. The van der Waals surface area contributed by atoms with E-state index in [1.807, 2.05) is 72.0 Å². The van der Waals surface area contributed by atoms with Crippen LogP contribution in [0.2, 0.25) is 0 Å². The van der Waals surface area contributed by atoms with Gasteiger partial charge in [-0.3, -0.25) is 18.8 Å². The monoisotopic (exact) mass is 776 g/mol. The summed E-state index contributed by atoms with van der Waals surface area (Å²) in [4.78, 5) is 18.3. The molecule has 0 aliphatic heterocycles. The lowest BCUT2D eigenvalue weighted by molar-refractivity contribution is 0.475. The van der Waals surface area contributed by atoms with E-state index in [4.69, 9.17) is 9.97 Å². The first-order valence-electron chi connectivity index (χ1n) is 19.7. The first kappa shape index (κ1) is 39.5. The SMILES string of the molecule is Cc1ccc(CCNc2nc(-c3cncc(C)c3)cn3c(C(C)C)nnc23)cc1.Cc1cncc(-c2cn3c(C(C)C)nnc3c(NCCc3ccc(O)cc3)n2)c1.[HH]. The predicted molar refractivity (Wildman–Crippen MR) is 231 cm³/mol. The summed E-state index contributed by atoms with van der Waals surface area (Å²) in [5, 5.41) is 33.9. The molecule has 0 atom stereocenters. The fraction of sp³-hybridized carbons (Fsp3) is 0.289. The van der Waals surface area contributed by atoms with Crippen LogP contribution < -0.4 is 10.6 Å². The molecular weight excluding hydrogens is 725 g/mol. The van der Waals surface area contributed by atoms with Crippen molar-refractivity contribution in [2.24, 2.45) is 0 Å². The molecule has 0 saturated heterocycles. The first-order chi connectivity index (χ1) is 28.0. The zero-order chi connectivity index (χ0) is 40.8. The van der Waals surface area contributed by atoms with E-state index < -0.39 is 0 Å². The van der Waals surface area contributed by atoms with Crippen molar-refractivity contribution < 1.29 is 6.53 Å². The molecular formula is C45H52N12O. The van der Waals surface area contributed by atoms with Crippen LogP contribution >= 0.6 is 0 Å². The van der Waals surface area contributed by atoms with Gasteiger partial charge in [-0.1, -0.05) is 69.7 Å². The van der Waals surface area contributed by atoms with Crippen molar-refractivity contribution in [1.82, 2.24) is 49.1 Å². The van der Waals surface area contributed by atoms with Gasteiger partial charge >= 0.3 is 0 Å². The zero-order valence-electron chi connectivity index (χ0n) is 34.1. The Balaban J connectivity index is 0.000000195. The number of nitrogens with zero attached hydrogens (tertiary/aromatic N) is 10. The Kier molecular flexibility index (Phi) is 12.0. The maximum atomic E-state index is 9.44. The van der Waals surface area contributed by atoms with Gasteiger partial charge in [-0.25, -0.2) is 9.97 Å². The second kappa shape index (κ2) is 17.6. The Hall–Kier alpha value is -6.76. The fourth-order valence-corrected chi connectivity index (χ4v) is 6.59. The van der Waals surface area contributed by atoms with Gasteiger partial charge in [-0.05, 0) is 80.1 Å². The highest BCUT2D eigenvalue weighted by Crippen LogP contribution is 2.27. The third-order valence-corrected chi connectivity index (χ3v) is 9.68. The Morgan fingerprint density at radius 3 is 1.41 bits per heavy atom. The quantitative estimate of drug-likeness (QED) is 0.109. The molecule has 2 aromatic carbocycles. The Labute approximate surface area is 340 Å². The summed E-state index contributed by atoms with van der Waals surface area (Å²) >= 11 is 0. The van der Waals surface area contributed by atoms with Crippen molar-refractivity contribution in [2.75, 3.05) is 23.7 Å². The molecule has 0 spiro atoms. The Morgan fingerprint density at radius 1 is 0.569 bits per heavy atom. The van der Waals surface area contributed by atoms with Gasteiger partial charge in [0.15, 0.2) is 11.6 Å². The van der Waals surface area contributed by atoms with Crippen LogP contribution in [0, 0.1) is 20.8 Å². The molecule has 0 amide bonds. The van der Waals surface area contributed by atoms with Crippen molar-refractivity contribution in [3.63, 3.8) is 0 Å². The summed E-state index contributed by atoms with van der Waals surface area (Å²) in [7, 11) is 0. The molecule has 13 heteroatoms. The largest absolute Gasteiger partial charge is 0.508 e. The highest BCUT2D eigenvalue weighted by Gasteiger charge is 2.18. The number of nitrogens with one attached hydrogen (secondary N) is 2. The molecule has 0 aliphatic rings. The van der Waals surface area contributed by atoms with Crippen molar-refractivity contribution in [1.29, 1.82) is 0 Å². The predicted octanol–water partition coefficient (Wildman–Crippen LogP) is 8.81. The summed E-state index contributed by atoms with van der Waals surface area (Å²) in [5.41, 5.74) is 11.0. The second-order valence-corrected chi connectivity index (χ2v) is 15.3. The molecule has 0 radical (unpaired) electrons. The molecule has 13 nitrogen and oxygen atoms in total. The number of pyridine rings is 2. The van der Waals surface area contributed by atoms with E-state index in [2.05, 4.69) is 112 Å². The van der Waals surface area contributed by atoms with Crippen LogP contribution in [-0.4, -0.2) is 67.3 Å². The highest BCUT2D eigenvalue weighted by molar-refractivity contribution is 5.70. The number of aromatic hydroxyl groups is 1. The van der Waals surface area contributed by atoms with E-state index in [0.717, 1.165) is 81.7 Å². The van der Waals surface area contributed by atoms with Crippen LogP contribution in [0.15, 0.2) is 97.8 Å². The van der Waals surface area contributed by atoms with Gasteiger partial charge in [-0.2, -0.15) is 0 Å². The topological polar surface area (TPSA) is 156 Å². The van der Waals surface area contributed by atoms with E-state index in [1.54, 1.807) is 12.1 Å². The van der Waals surface area contributed by atoms with Crippen LogP contribution in [-0.2, 0) is 12.8 Å². The van der Waals surface area contributed by atoms with Crippen LogP contribution in [0.1, 0.15) is 80.4 Å². The third-order valence-electron chi connectivity index (χ3n) is 9.68. The van der Waals surface area contributed by atoms with Gasteiger partial charge in [-0.15, -0.1) is 20.4 Å². The zero-order valence-corrected chi connectivity index (χ0v) is 34.1. The number of hydrogen-bond donors (Lipinski definition) is 3. The number of phenolic OH excluding ortho intramolecular Hbond substituents is 1. The average Bonchev–Trinajstić information content (AvgIpc) is 3.85. The van der Waals surface area contributed by atoms with E-state index in [1.165, 1.54) is 11.1 Å². The van der Waals surface area contributed by atoms with E-state index in [0.29, 0.717) is 18.0 Å². The number of phenols is 1. The minimum Gasteiger partial charge on any atom is -0.508 e. The summed E-state index contributed by atoms with van der Waals surface area (Å²) < 4.78 is 4.06. The molecule has 0 fully saturated rings. The number of hydrogen-bond acceptors (Lipinski definition) is 11. The Bertz CT molecular complexity index is 2450. The third kappa shape index (κ3) is 9.26. The van der Waals surface area contributed by atoms with E-state index in [-0.39, 0.29) is 19.0 Å². The van der Waals surface area contributed by atoms with Crippen molar-refractivity contribution >= 4 is 22.9 Å². The summed E-state index contributed by atoms with van der Waals surface area (Å²) in [5.74, 6) is 4.03. The van der Waals surface area contributed by atoms with Crippen molar-refractivity contribution in [3.8, 4) is 28.3 Å². The van der Waals surface area contributed by atoms with E-state index >= 15 is 0 Å². The van der Waals surface area contributed by atoms with Gasteiger partial charge in [0.1, 0.15) is 17.4 Å². The lowest BCUT2D eigenvalue weighted by Crippen LogP contribution is -2.09. The minimum absolute atomic E-state index is 0. The summed E-state index contributed by atoms with van der Waals surface area (Å²) in [6, 6.07) is 20.0. The number of rotatable bonds is 12. The number of aryl methyl sites for hydroxylation is 3. The van der Waals surface area contributed by atoms with Crippen molar-refractivity contribution in [3.05, 3.63) is 137 Å². The number of aromatic nitrogens is 10. The number of benzene rings is 2. The normalized spacial score (nSPS) is 11.3. The Morgan fingerprint density at radius 2 is 1.00 bits per heavy atom. The van der Waals surface area contributed by atoms with Gasteiger partial charge in [0, 0.05) is 74.7 Å². The minimum atomic E-state index is 0. The van der Waals surface area contributed by atoms with Crippen LogP contribution in [0.3, 0.4) is 0 Å². The molecule has 0 saturated carbocycles. The molecule has 8 rings (SSSR count). The number of fused-ring (bicyclic) bond motifs is 2.